The maximum absolute atomic E-state index is 11.9. The van der Waals surface area contributed by atoms with Crippen molar-refractivity contribution < 1.29 is 4.39 Å². The Morgan fingerprint density at radius 2 is 1.83 bits per heavy atom. The Morgan fingerprint density at radius 1 is 1.67 bits per heavy atom. The van der Waals surface area contributed by atoms with Gasteiger partial charge in [0.25, 0.3) is 0 Å². The van der Waals surface area contributed by atoms with Crippen molar-refractivity contribution in [1.82, 2.24) is 0 Å². The molecule has 1 aliphatic rings. The number of rotatable bonds is 0. The van der Waals surface area contributed by atoms with Crippen LogP contribution in [0.3, 0.4) is 0 Å². The Hall–Kier alpha value is 0.410. The average Bonchev–Trinajstić information content (AvgIpc) is 1.94. The lowest BCUT2D eigenvalue weighted by molar-refractivity contribution is 0.456. The Labute approximate surface area is 44.9 Å². The highest BCUT2D eigenvalue weighted by atomic mass is 79.9. The van der Waals surface area contributed by atoms with Crippen LogP contribution >= 0.6 is 15.9 Å². The van der Waals surface area contributed by atoms with E-state index < -0.39 is 6.17 Å². The van der Waals surface area contributed by atoms with E-state index in [0.717, 1.165) is 0 Å². The van der Waals surface area contributed by atoms with E-state index in [1.165, 1.54) is 0 Å². The molecule has 0 N–H and O–H groups in total. The van der Waals surface area contributed by atoms with Crippen LogP contribution in [0.1, 0.15) is 6.92 Å². The van der Waals surface area contributed by atoms with Crippen molar-refractivity contribution in [2.75, 3.05) is 0 Å². The van der Waals surface area contributed by atoms with Crippen molar-refractivity contribution in [2.45, 2.75) is 17.9 Å². The average molecular weight is 153 g/mol. The van der Waals surface area contributed by atoms with E-state index in [0.29, 0.717) is 0 Å². The van der Waals surface area contributed by atoms with Crippen LogP contribution < -0.4 is 0 Å². The van der Waals surface area contributed by atoms with Gasteiger partial charge >= 0.3 is 0 Å². The van der Waals surface area contributed by atoms with Gasteiger partial charge in [0.05, 0.1) is 4.83 Å². The van der Waals surface area contributed by atoms with Crippen LogP contribution in [0.25, 0.3) is 0 Å². The number of alkyl halides is 2. The number of hydrogen-bond acceptors (Lipinski definition) is 0. The quantitative estimate of drug-likeness (QED) is 0.465. The van der Waals surface area contributed by atoms with Crippen LogP contribution in [0.2, 0.25) is 0 Å². The van der Waals surface area contributed by atoms with E-state index in [4.69, 9.17) is 0 Å². The maximum Gasteiger partial charge on any atom is 0.117 e. The van der Waals surface area contributed by atoms with Gasteiger partial charge < -0.3 is 0 Å². The summed E-state index contributed by atoms with van der Waals surface area (Å²) in [6.45, 7) is 1.89. The zero-order chi connectivity index (χ0) is 4.73. The molecule has 0 unspecified atom stereocenters. The normalized spacial score (nSPS) is 55.5. The van der Waals surface area contributed by atoms with Crippen molar-refractivity contribution >= 4 is 15.9 Å². The summed E-state index contributed by atoms with van der Waals surface area (Å²) in [5.41, 5.74) is 0. The van der Waals surface area contributed by atoms with Crippen molar-refractivity contribution in [2.24, 2.45) is 5.92 Å². The van der Waals surface area contributed by atoms with E-state index in [9.17, 15) is 4.39 Å². The van der Waals surface area contributed by atoms with Crippen molar-refractivity contribution in [1.29, 1.82) is 0 Å². The largest absolute Gasteiger partial charge is 0.246 e. The summed E-state index contributed by atoms with van der Waals surface area (Å²) < 4.78 is 11.9. The van der Waals surface area contributed by atoms with Crippen LogP contribution in [0, 0.1) is 5.92 Å². The predicted octanol–water partition coefficient (Wildman–Crippen LogP) is 1.74. The van der Waals surface area contributed by atoms with Crippen LogP contribution in [-0.4, -0.2) is 11.0 Å². The minimum absolute atomic E-state index is 0.164. The van der Waals surface area contributed by atoms with Crippen LogP contribution in [-0.2, 0) is 0 Å². The minimum atomic E-state index is -0.565. The third kappa shape index (κ3) is 0.473. The Balaban J connectivity index is 2.31. The zero-order valence-corrected chi connectivity index (χ0v) is 5.07. The van der Waals surface area contributed by atoms with Gasteiger partial charge in [-0.15, -0.1) is 0 Å². The Bertz CT molecular complexity index is 44.3. The molecule has 0 saturated heterocycles. The van der Waals surface area contributed by atoms with Gasteiger partial charge in [-0.3, -0.25) is 0 Å². The number of halogens is 2. The fourth-order valence-electron chi connectivity index (χ4n) is 0.368. The lowest BCUT2D eigenvalue weighted by Crippen LogP contribution is -1.65. The number of hydrogen-bond donors (Lipinski definition) is 0. The first kappa shape index (κ1) is 4.57. The Kier molecular flexibility index (Phi) is 0.904. The molecule has 0 nitrogen and oxygen atoms in total. The second-order valence-corrected chi connectivity index (χ2v) is 2.81. The second kappa shape index (κ2) is 1.19. The van der Waals surface area contributed by atoms with Crippen LogP contribution in [0.15, 0.2) is 0 Å². The lowest BCUT2D eigenvalue weighted by Gasteiger charge is -1.62. The summed E-state index contributed by atoms with van der Waals surface area (Å²) in [5, 5.41) is 0. The first-order chi connectivity index (χ1) is 2.73. The molecule has 1 saturated carbocycles. The molecule has 2 heteroatoms. The molecular formula is C4H6BrF. The van der Waals surface area contributed by atoms with Gasteiger partial charge in [-0.05, 0) is 0 Å². The first-order valence-electron chi connectivity index (χ1n) is 2.01. The fraction of sp³-hybridized carbons (Fsp3) is 1.00. The first-order valence-corrected chi connectivity index (χ1v) is 2.93. The van der Waals surface area contributed by atoms with Gasteiger partial charge in [0.2, 0.25) is 0 Å². The van der Waals surface area contributed by atoms with Gasteiger partial charge in [0, 0.05) is 5.92 Å². The fourth-order valence-corrected chi connectivity index (χ4v) is 0.965. The van der Waals surface area contributed by atoms with E-state index in [-0.39, 0.29) is 10.7 Å². The second-order valence-electron chi connectivity index (χ2n) is 1.75. The predicted molar refractivity (Wildman–Crippen MR) is 26.8 cm³/mol. The summed E-state index contributed by atoms with van der Waals surface area (Å²) >= 11 is 3.14. The molecule has 0 aromatic carbocycles. The molecule has 36 valence electrons. The molecule has 1 rings (SSSR count). The molecule has 1 fully saturated rings. The van der Waals surface area contributed by atoms with Gasteiger partial charge in [0.1, 0.15) is 6.17 Å². The molecule has 0 aliphatic heterocycles. The topological polar surface area (TPSA) is 0 Å². The molecule has 0 heterocycles. The third-order valence-electron chi connectivity index (χ3n) is 1.17. The summed E-state index contributed by atoms with van der Waals surface area (Å²) in [4.78, 5) is 0.164. The van der Waals surface area contributed by atoms with Crippen molar-refractivity contribution in [3.63, 3.8) is 0 Å². The highest BCUT2D eigenvalue weighted by Crippen LogP contribution is 2.40. The molecule has 0 aromatic rings. The van der Waals surface area contributed by atoms with Crippen LogP contribution in [0.5, 0.6) is 0 Å². The molecule has 1 aliphatic carbocycles. The third-order valence-corrected chi connectivity index (χ3v) is 2.51. The van der Waals surface area contributed by atoms with E-state index in [1.54, 1.807) is 0 Å². The molecule has 0 aromatic heterocycles. The standard InChI is InChI=1S/C4H6BrF/c1-2-3(5)4(2)6/h2-4H,1H3/t2-,3-,4-/m0/s1. The molecule has 0 amide bonds. The molecule has 0 radical (unpaired) electrons. The van der Waals surface area contributed by atoms with Gasteiger partial charge in [0.15, 0.2) is 0 Å². The summed E-state index contributed by atoms with van der Waals surface area (Å²) in [6, 6.07) is 0. The molecule has 3 atom stereocenters. The summed E-state index contributed by atoms with van der Waals surface area (Å²) in [7, 11) is 0. The van der Waals surface area contributed by atoms with Gasteiger partial charge in [-0.2, -0.15) is 0 Å². The SMILES string of the molecule is C[C@@H]1[C@H](F)[C@H]1Br. The lowest BCUT2D eigenvalue weighted by atomic mass is 10.5. The molecule has 0 spiro atoms. The summed E-state index contributed by atoms with van der Waals surface area (Å²) in [5.74, 6) is 0.269. The zero-order valence-electron chi connectivity index (χ0n) is 3.49. The van der Waals surface area contributed by atoms with Gasteiger partial charge in [-0.1, -0.05) is 22.9 Å². The minimum Gasteiger partial charge on any atom is -0.246 e. The highest BCUT2D eigenvalue weighted by molar-refractivity contribution is 9.09. The maximum atomic E-state index is 11.9. The van der Waals surface area contributed by atoms with E-state index in [1.807, 2.05) is 6.92 Å². The van der Waals surface area contributed by atoms with Gasteiger partial charge in [-0.25, -0.2) is 4.39 Å². The van der Waals surface area contributed by atoms with E-state index >= 15 is 0 Å². The Morgan fingerprint density at radius 3 is 1.83 bits per heavy atom. The van der Waals surface area contributed by atoms with Crippen molar-refractivity contribution in [3.05, 3.63) is 0 Å². The van der Waals surface area contributed by atoms with Crippen LogP contribution in [0.4, 0.5) is 4.39 Å². The molecular weight excluding hydrogens is 147 g/mol. The summed E-state index contributed by atoms with van der Waals surface area (Å²) in [6.07, 6.45) is -0.565. The molecule has 0 bridgehead atoms. The smallest absolute Gasteiger partial charge is 0.117 e. The highest BCUT2D eigenvalue weighted by Gasteiger charge is 2.45. The van der Waals surface area contributed by atoms with Crippen molar-refractivity contribution in [3.8, 4) is 0 Å². The van der Waals surface area contributed by atoms with E-state index in [2.05, 4.69) is 15.9 Å². The molecule has 6 heavy (non-hydrogen) atoms. The monoisotopic (exact) mass is 152 g/mol.